The molecular formula is C22H26N6O2. The third-order valence-corrected chi connectivity index (χ3v) is 5.42. The maximum Gasteiger partial charge on any atom is 0.415 e. The molecule has 2 aromatic heterocycles. The zero-order valence-corrected chi connectivity index (χ0v) is 17.6. The highest BCUT2D eigenvalue weighted by molar-refractivity contribution is 5.89. The molecule has 156 valence electrons. The fourth-order valence-corrected chi connectivity index (χ4v) is 3.69. The number of hydrogen-bond acceptors (Lipinski definition) is 6. The molecule has 30 heavy (non-hydrogen) atoms. The number of carbonyl (C=O) groups is 1. The number of aromatic nitrogens is 4. The molecule has 1 saturated heterocycles. The first kappa shape index (κ1) is 19.9. The fraction of sp³-hybridized carbons (Fsp3) is 0.364. The summed E-state index contributed by atoms with van der Waals surface area (Å²) in [5, 5.41) is 7.87. The van der Waals surface area contributed by atoms with Crippen LogP contribution >= 0.6 is 0 Å². The van der Waals surface area contributed by atoms with Gasteiger partial charge in [0.2, 0.25) is 5.95 Å². The summed E-state index contributed by atoms with van der Waals surface area (Å²) < 4.78 is 7.15. The van der Waals surface area contributed by atoms with Crippen LogP contribution in [0.15, 0.2) is 48.8 Å². The Hall–Kier alpha value is -3.42. The number of benzene rings is 1. The highest BCUT2D eigenvalue weighted by Crippen LogP contribution is 2.27. The Labute approximate surface area is 175 Å². The van der Waals surface area contributed by atoms with E-state index in [1.165, 1.54) is 0 Å². The second kappa shape index (κ2) is 8.14. The lowest BCUT2D eigenvalue weighted by Crippen LogP contribution is -2.37. The van der Waals surface area contributed by atoms with Gasteiger partial charge < -0.3 is 10.1 Å². The third kappa shape index (κ3) is 3.72. The van der Waals surface area contributed by atoms with Crippen molar-refractivity contribution in [3.05, 3.63) is 60.0 Å². The zero-order valence-electron chi connectivity index (χ0n) is 17.6. The van der Waals surface area contributed by atoms with Crippen molar-refractivity contribution >= 4 is 17.9 Å². The van der Waals surface area contributed by atoms with Gasteiger partial charge in [0.15, 0.2) is 0 Å². The molecule has 0 saturated carbocycles. The Morgan fingerprint density at radius 3 is 2.67 bits per heavy atom. The first-order chi connectivity index (χ1) is 14.5. The minimum Gasteiger partial charge on any atom is -0.447 e. The van der Waals surface area contributed by atoms with Crippen molar-refractivity contribution in [3.63, 3.8) is 0 Å². The topological polar surface area (TPSA) is 85.2 Å². The van der Waals surface area contributed by atoms with Gasteiger partial charge in [0.25, 0.3) is 0 Å². The number of ether oxygens (including phenoxy) is 1. The molecule has 2 atom stereocenters. The van der Waals surface area contributed by atoms with Gasteiger partial charge in [0, 0.05) is 17.5 Å². The lowest BCUT2D eigenvalue weighted by molar-refractivity contribution is 0.177. The molecule has 3 heterocycles. The van der Waals surface area contributed by atoms with Crippen LogP contribution in [0.4, 0.5) is 16.6 Å². The maximum absolute atomic E-state index is 12.2. The summed E-state index contributed by atoms with van der Waals surface area (Å²) in [6, 6.07) is 11.6. The Kier molecular flexibility index (Phi) is 5.39. The molecule has 0 aliphatic carbocycles. The van der Waals surface area contributed by atoms with Gasteiger partial charge >= 0.3 is 6.09 Å². The smallest absolute Gasteiger partial charge is 0.415 e. The van der Waals surface area contributed by atoms with Gasteiger partial charge in [-0.2, -0.15) is 10.1 Å². The van der Waals surface area contributed by atoms with E-state index in [9.17, 15) is 4.79 Å². The molecular weight excluding hydrogens is 380 g/mol. The van der Waals surface area contributed by atoms with Crippen molar-refractivity contribution in [3.8, 4) is 5.69 Å². The molecule has 0 spiro atoms. The summed E-state index contributed by atoms with van der Waals surface area (Å²) in [5.41, 5.74) is 3.10. The highest BCUT2D eigenvalue weighted by atomic mass is 16.6. The normalized spacial score (nSPS) is 17.3. The molecule has 1 unspecified atom stereocenters. The van der Waals surface area contributed by atoms with Crippen LogP contribution in [0.1, 0.15) is 38.1 Å². The van der Waals surface area contributed by atoms with E-state index in [2.05, 4.69) is 34.2 Å². The summed E-state index contributed by atoms with van der Waals surface area (Å²) in [5.74, 6) is 1.25. The maximum atomic E-state index is 12.2. The Bertz CT molecular complexity index is 1030. The first-order valence-corrected chi connectivity index (χ1v) is 10.1. The van der Waals surface area contributed by atoms with Crippen LogP contribution in [0, 0.1) is 12.8 Å². The highest BCUT2D eigenvalue weighted by Gasteiger charge is 2.37. The van der Waals surface area contributed by atoms with E-state index in [1.807, 2.05) is 55.1 Å². The van der Waals surface area contributed by atoms with Crippen molar-refractivity contribution in [2.75, 3.05) is 16.8 Å². The van der Waals surface area contributed by atoms with Crippen LogP contribution in [0.2, 0.25) is 0 Å². The van der Waals surface area contributed by atoms with Crippen LogP contribution in [0.25, 0.3) is 5.69 Å². The van der Waals surface area contributed by atoms with Crippen molar-refractivity contribution in [1.82, 2.24) is 19.7 Å². The lowest BCUT2D eigenvalue weighted by Gasteiger charge is -2.23. The monoisotopic (exact) mass is 406 g/mol. The number of anilines is 2. The summed E-state index contributed by atoms with van der Waals surface area (Å²) in [6.07, 6.45) is 3.14. The Morgan fingerprint density at radius 2 is 1.93 bits per heavy atom. The number of carbonyl (C=O) groups excluding carboxylic acids is 1. The van der Waals surface area contributed by atoms with Crippen LogP contribution in [0.5, 0.6) is 0 Å². The van der Waals surface area contributed by atoms with E-state index in [0.717, 1.165) is 16.9 Å². The minimum atomic E-state index is -0.369. The van der Waals surface area contributed by atoms with Crippen molar-refractivity contribution in [2.24, 2.45) is 5.92 Å². The van der Waals surface area contributed by atoms with E-state index < -0.39 is 0 Å². The fourth-order valence-electron chi connectivity index (χ4n) is 3.69. The van der Waals surface area contributed by atoms with Crippen molar-refractivity contribution < 1.29 is 9.53 Å². The van der Waals surface area contributed by atoms with Crippen LogP contribution in [0.3, 0.4) is 0 Å². The van der Waals surface area contributed by atoms with Gasteiger partial charge in [-0.1, -0.05) is 32.0 Å². The second-order valence-electron chi connectivity index (χ2n) is 7.80. The number of nitrogens with one attached hydrogen (secondary N) is 1. The quantitative estimate of drug-likeness (QED) is 0.663. The lowest BCUT2D eigenvalue weighted by atomic mass is 10.0. The summed E-state index contributed by atoms with van der Waals surface area (Å²) >= 11 is 0. The van der Waals surface area contributed by atoms with Gasteiger partial charge in [-0.15, -0.1) is 0 Å². The van der Waals surface area contributed by atoms with E-state index in [-0.39, 0.29) is 24.1 Å². The molecule has 4 rings (SSSR count). The Morgan fingerprint density at radius 1 is 1.17 bits per heavy atom. The predicted molar refractivity (Wildman–Crippen MR) is 115 cm³/mol. The standard InChI is InChI=1S/C22H26N6O2/c1-14(2)19-13-30-22(29)27(19)20-10-11-23-21(26-20)25-15(3)18-12-24-28(16(18)4)17-8-6-5-7-9-17/h5-12,14-15,19H,13H2,1-4H3,(H,23,25,26)/t15?,19-/m1/s1. The number of nitrogens with zero attached hydrogens (tertiary/aromatic N) is 5. The number of cyclic esters (lactones) is 1. The number of hydrogen-bond donors (Lipinski definition) is 1. The average Bonchev–Trinajstić information content (AvgIpc) is 3.31. The molecule has 0 bridgehead atoms. The van der Waals surface area contributed by atoms with Crippen LogP contribution < -0.4 is 10.2 Å². The SMILES string of the molecule is Cc1c(C(C)Nc2nccc(N3C(=O)OC[C@@H]3C(C)C)n2)cnn1-c1ccccc1. The van der Waals surface area contributed by atoms with Crippen LogP contribution in [-0.4, -0.2) is 38.5 Å². The van der Waals surface area contributed by atoms with Gasteiger partial charge in [-0.25, -0.2) is 14.5 Å². The summed E-state index contributed by atoms with van der Waals surface area (Å²) in [4.78, 5) is 22.8. The largest absolute Gasteiger partial charge is 0.447 e. The van der Waals surface area contributed by atoms with E-state index in [0.29, 0.717) is 18.4 Å². The molecule has 1 fully saturated rings. The first-order valence-electron chi connectivity index (χ1n) is 10.1. The average molecular weight is 406 g/mol. The predicted octanol–water partition coefficient (Wildman–Crippen LogP) is 4.13. The molecule has 1 aliphatic heterocycles. The van der Waals surface area contributed by atoms with E-state index >= 15 is 0 Å². The van der Waals surface area contributed by atoms with Gasteiger partial charge in [-0.05, 0) is 38.0 Å². The third-order valence-electron chi connectivity index (χ3n) is 5.42. The molecule has 0 radical (unpaired) electrons. The number of para-hydroxylation sites is 1. The van der Waals surface area contributed by atoms with Gasteiger partial charge in [0.1, 0.15) is 12.4 Å². The molecule has 1 aliphatic rings. The molecule has 8 nitrogen and oxygen atoms in total. The molecule has 1 aromatic carbocycles. The molecule has 8 heteroatoms. The Balaban J connectivity index is 1.55. The minimum absolute atomic E-state index is 0.0379. The number of amides is 1. The van der Waals surface area contributed by atoms with Crippen LogP contribution in [-0.2, 0) is 4.74 Å². The van der Waals surface area contributed by atoms with E-state index in [4.69, 9.17) is 4.74 Å². The molecule has 1 N–H and O–H groups in total. The van der Waals surface area contributed by atoms with Gasteiger partial charge in [-0.3, -0.25) is 4.90 Å². The van der Waals surface area contributed by atoms with Gasteiger partial charge in [0.05, 0.1) is 24.0 Å². The summed E-state index contributed by atoms with van der Waals surface area (Å²) in [7, 11) is 0. The van der Waals surface area contributed by atoms with E-state index in [1.54, 1.807) is 17.2 Å². The summed E-state index contributed by atoms with van der Waals surface area (Å²) in [6.45, 7) is 8.58. The second-order valence-corrected chi connectivity index (χ2v) is 7.80. The van der Waals surface area contributed by atoms with Crippen molar-refractivity contribution in [2.45, 2.75) is 39.8 Å². The zero-order chi connectivity index (χ0) is 21.3. The molecule has 3 aromatic rings. The number of rotatable bonds is 6. The van der Waals surface area contributed by atoms with Crippen molar-refractivity contribution in [1.29, 1.82) is 0 Å². The molecule has 1 amide bonds.